The molecule has 2 rings (SSSR count). The van der Waals surface area contributed by atoms with Crippen molar-refractivity contribution in [2.45, 2.75) is 6.92 Å². The van der Waals surface area contributed by atoms with Crippen LogP contribution in [0, 0.1) is 0 Å². The fourth-order valence-corrected chi connectivity index (χ4v) is 1.25. The van der Waals surface area contributed by atoms with Gasteiger partial charge in [0.1, 0.15) is 5.52 Å². The SMILES string of the molecule is CCNC(=O)n1nnc2ccccc21. The first-order valence-electron chi connectivity index (χ1n) is 4.41. The highest BCUT2D eigenvalue weighted by Crippen LogP contribution is 2.08. The van der Waals surface area contributed by atoms with Crippen molar-refractivity contribution in [1.82, 2.24) is 20.3 Å². The van der Waals surface area contributed by atoms with Gasteiger partial charge in [0.25, 0.3) is 0 Å². The molecule has 0 aliphatic rings. The number of amides is 1. The summed E-state index contributed by atoms with van der Waals surface area (Å²) in [6.45, 7) is 2.43. The average Bonchev–Trinajstić information content (AvgIpc) is 2.61. The number of para-hydroxylation sites is 1. The number of rotatable bonds is 1. The molecule has 1 amide bonds. The lowest BCUT2D eigenvalue weighted by Gasteiger charge is -2.00. The number of aromatic nitrogens is 3. The molecule has 0 saturated heterocycles. The number of hydrogen-bond acceptors (Lipinski definition) is 3. The van der Waals surface area contributed by atoms with Crippen LogP contribution in [0.3, 0.4) is 0 Å². The van der Waals surface area contributed by atoms with E-state index < -0.39 is 0 Å². The van der Waals surface area contributed by atoms with Gasteiger partial charge in [0, 0.05) is 6.54 Å². The highest BCUT2D eigenvalue weighted by atomic mass is 16.2. The van der Waals surface area contributed by atoms with Crippen LogP contribution in [0.2, 0.25) is 0 Å². The van der Waals surface area contributed by atoms with Crippen molar-refractivity contribution in [3.63, 3.8) is 0 Å². The van der Waals surface area contributed by atoms with E-state index in [1.165, 1.54) is 4.68 Å². The summed E-state index contributed by atoms with van der Waals surface area (Å²) in [4.78, 5) is 11.5. The summed E-state index contributed by atoms with van der Waals surface area (Å²) < 4.78 is 1.26. The summed E-state index contributed by atoms with van der Waals surface area (Å²) in [6, 6.07) is 7.09. The van der Waals surface area contributed by atoms with Gasteiger partial charge in [0.15, 0.2) is 0 Å². The van der Waals surface area contributed by atoms with E-state index >= 15 is 0 Å². The number of fused-ring (bicyclic) bond motifs is 1. The Labute approximate surface area is 80.7 Å². The number of hydrogen-bond donors (Lipinski definition) is 1. The molecule has 5 heteroatoms. The molecular weight excluding hydrogens is 180 g/mol. The lowest BCUT2D eigenvalue weighted by atomic mass is 10.3. The van der Waals surface area contributed by atoms with E-state index in [4.69, 9.17) is 0 Å². The Kier molecular flexibility index (Phi) is 2.14. The summed E-state index contributed by atoms with van der Waals surface area (Å²) in [5.41, 5.74) is 1.44. The Balaban J connectivity index is 2.47. The van der Waals surface area contributed by atoms with Crippen LogP contribution in [0.25, 0.3) is 11.0 Å². The lowest BCUT2D eigenvalue weighted by molar-refractivity contribution is 0.240. The van der Waals surface area contributed by atoms with Crippen molar-refractivity contribution in [1.29, 1.82) is 0 Å². The third-order valence-electron chi connectivity index (χ3n) is 1.87. The predicted octanol–water partition coefficient (Wildman–Crippen LogP) is 1.01. The molecule has 0 aliphatic carbocycles. The van der Waals surface area contributed by atoms with Crippen LogP contribution in [-0.2, 0) is 0 Å². The summed E-state index contributed by atoms with van der Waals surface area (Å²) in [5.74, 6) is 0. The van der Waals surface area contributed by atoms with Gasteiger partial charge >= 0.3 is 6.03 Å². The zero-order valence-electron chi connectivity index (χ0n) is 7.77. The van der Waals surface area contributed by atoms with E-state index in [0.29, 0.717) is 6.54 Å². The van der Waals surface area contributed by atoms with Gasteiger partial charge in [-0.1, -0.05) is 17.3 Å². The van der Waals surface area contributed by atoms with Gasteiger partial charge in [-0.3, -0.25) is 0 Å². The van der Waals surface area contributed by atoms with E-state index in [2.05, 4.69) is 15.6 Å². The largest absolute Gasteiger partial charge is 0.344 e. The summed E-state index contributed by atoms with van der Waals surface area (Å²) >= 11 is 0. The second kappa shape index (κ2) is 3.45. The van der Waals surface area contributed by atoms with Crippen molar-refractivity contribution >= 4 is 17.1 Å². The van der Waals surface area contributed by atoms with E-state index in [-0.39, 0.29) is 6.03 Å². The van der Waals surface area contributed by atoms with Gasteiger partial charge in [0.2, 0.25) is 0 Å². The number of carbonyl (C=O) groups excluding carboxylic acids is 1. The van der Waals surface area contributed by atoms with Crippen molar-refractivity contribution in [2.75, 3.05) is 6.54 Å². The van der Waals surface area contributed by atoms with Crippen LogP contribution in [0.15, 0.2) is 24.3 Å². The van der Waals surface area contributed by atoms with Crippen LogP contribution in [0.4, 0.5) is 4.79 Å². The fourth-order valence-electron chi connectivity index (χ4n) is 1.25. The van der Waals surface area contributed by atoms with Gasteiger partial charge < -0.3 is 5.32 Å². The Hall–Kier alpha value is -1.91. The maximum atomic E-state index is 11.5. The topological polar surface area (TPSA) is 59.8 Å². The van der Waals surface area contributed by atoms with E-state index in [1.807, 2.05) is 31.2 Å². The normalized spacial score (nSPS) is 10.4. The molecule has 1 aromatic carbocycles. The van der Waals surface area contributed by atoms with Crippen LogP contribution < -0.4 is 5.32 Å². The maximum Gasteiger partial charge on any atom is 0.344 e. The smallest absolute Gasteiger partial charge is 0.336 e. The lowest BCUT2D eigenvalue weighted by Crippen LogP contribution is -2.28. The zero-order chi connectivity index (χ0) is 9.97. The van der Waals surface area contributed by atoms with Gasteiger partial charge in [-0.2, -0.15) is 4.68 Å². The van der Waals surface area contributed by atoms with Gasteiger partial charge in [-0.05, 0) is 19.1 Å². The molecule has 0 unspecified atom stereocenters. The van der Waals surface area contributed by atoms with Gasteiger partial charge in [-0.15, -0.1) is 5.10 Å². The summed E-state index contributed by atoms with van der Waals surface area (Å²) in [5, 5.41) is 10.3. The number of carbonyl (C=O) groups is 1. The minimum Gasteiger partial charge on any atom is -0.336 e. The predicted molar refractivity (Wildman–Crippen MR) is 52.0 cm³/mol. The second-order valence-corrected chi connectivity index (χ2v) is 2.83. The maximum absolute atomic E-state index is 11.5. The molecule has 5 nitrogen and oxygen atoms in total. The van der Waals surface area contributed by atoms with E-state index in [1.54, 1.807) is 0 Å². The first-order chi connectivity index (χ1) is 6.83. The average molecular weight is 190 g/mol. The minimum absolute atomic E-state index is 0.249. The standard InChI is InChI=1S/C9H10N4O/c1-2-10-9(14)13-8-6-4-3-5-7(8)11-12-13/h3-6H,2H2,1H3,(H,10,14). The molecule has 1 aromatic heterocycles. The second-order valence-electron chi connectivity index (χ2n) is 2.83. The number of nitrogens with one attached hydrogen (secondary N) is 1. The molecule has 0 atom stereocenters. The molecule has 2 aromatic rings. The summed E-state index contributed by atoms with van der Waals surface area (Å²) in [7, 11) is 0. The van der Waals surface area contributed by atoms with Crippen LogP contribution in [0.5, 0.6) is 0 Å². The Morgan fingerprint density at radius 2 is 2.29 bits per heavy atom. The van der Waals surface area contributed by atoms with E-state index in [0.717, 1.165) is 11.0 Å². The molecule has 0 radical (unpaired) electrons. The van der Waals surface area contributed by atoms with Crippen LogP contribution in [0.1, 0.15) is 6.92 Å². The minimum atomic E-state index is -0.249. The molecule has 0 spiro atoms. The molecular formula is C9H10N4O. The fraction of sp³-hybridized carbons (Fsp3) is 0.222. The van der Waals surface area contributed by atoms with Crippen molar-refractivity contribution < 1.29 is 4.79 Å². The number of nitrogens with zero attached hydrogens (tertiary/aromatic N) is 3. The highest BCUT2D eigenvalue weighted by molar-refractivity contribution is 5.87. The molecule has 1 heterocycles. The first kappa shape index (κ1) is 8.68. The van der Waals surface area contributed by atoms with Gasteiger partial charge in [0.05, 0.1) is 5.52 Å². The molecule has 0 bridgehead atoms. The van der Waals surface area contributed by atoms with Crippen molar-refractivity contribution in [3.8, 4) is 0 Å². The van der Waals surface area contributed by atoms with E-state index in [9.17, 15) is 4.79 Å². The van der Waals surface area contributed by atoms with Crippen molar-refractivity contribution in [3.05, 3.63) is 24.3 Å². The Morgan fingerprint density at radius 1 is 1.50 bits per heavy atom. The molecule has 0 fully saturated rings. The van der Waals surface area contributed by atoms with Crippen LogP contribution in [-0.4, -0.2) is 27.6 Å². The Morgan fingerprint density at radius 3 is 3.07 bits per heavy atom. The molecule has 0 aliphatic heterocycles. The van der Waals surface area contributed by atoms with Crippen molar-refractivity contribution in [2.24, 2.45) is 0 Å². The first-order valence-corrected chi connectivity index (χ1v) is 4.41. The third-order valence-corrected chi connectivity index (χ3v) is 1.87. The highest BCUT2D eigenvalue weighted by Gasteiger charge is 2.09. The summed E-state index contributed by atoms with van der Waals surface area (Å²) in [6.07, 6.45) is 0. The Bertz CT molecular complexity index is 463. The van der Waals surface area contributed by atoms with Gasteiger partial charge in [-0.25, -0.2) is 4.79 Å². The monoisotopic (exact) mass is 190 g/mol. The number of benzene rings is 1. The molecule has 14 heavy (non-hydrogen) atoms. The molecule has 1 N–H and O–H groups in total. The molecule has 72 valence electrons. The third kappa shape index (κ3) is 1.32. The quantitative estimate of drug-likeness (QED) is 0.730. The van der Waals surface area contributed by atoms with Crippen LogP contribution >= 0.6 is 0 Å². The molecule has 0 saturated carbocycles. The zero-order valence-corrected chi connectivity index (χ0v) is 7.77.